The van der Waals surface area contributed by atoms with E-state index in [4.69, 9.17) is 0 Å². The van der Waals surface area contributed by atoms with Crippen molar-refractivity contribution in [3.8, 4) is 0 Å². The van der Waals surface area contributed by atoms with Crippen molar-refractivity contribution in [1.29, 1.82) is 0 Å². The molecule has 18 heavy (non-hydrogen) atoms. The van der Waals surface area contributed by atoms with Crippen LogP contribution in [0.4, 0.5) is 5.69 Å². The average Bonchev–Trinajstić information content (AvgIpc) is 2.36. The van der Waals surface area contributed by atoms with Gasteiger partial charge in [-0.25, -0.2) is 8.42 Å². The summed E-state index contributed by atoms with van der Waals surface area (Å²) in [5, 5.41) is 5.30. The number of likely N-dealkylation sites (N-methyl/N-ethyl adjacent to an activating group) is 1. The molecule has 0 saturated carbocycles. The van der Waals surface area contributed by atoms with Crippen LogP contribution in [0.5, 0.6) is 0 Å². The zero-order valence-corrected chi connectivity index (χ0v) is 11.4. The lowest BCUT2D eigenvalue weighted by Crippen LogP contribution is -2.26. The molecule has 0 heterocycles. The van der Waals surface area contributed by atoms with Gasteiger partial charge in [0.05, 0.1) is 22.9 Å². The first-order valence-corrected chi connectivity index (χ1v) is 7.42. The number of anilines is 1. The van der Waals surface area contributed by atoms with Crippen LogP contribution in [0.1, 0.15) is 13.3 Å². The van der Waals surface area contributed by atoms with Gasteiger partial charge in [-0.1, -0.05) is 19.1 Å². The molecular weight excluding hydrogens is 252 g/mol. The molecule has 0 aliphatic heterocycles. The summed E-state index contributed by atoms with van der Waals surface area (Å²) in [6.07, 6.45) is 0.562. The molecule has 1 amide bonds. The van der Waals surface area contributed by atoms with Gasteiger partial charge in [-0.2, -0.15) is 0 Å². The van der Waals surface area contributed by atoms with Gasteiger partial charge < -0.3 is 10.6 Å². The molecular formula is C12H18N2O3S. The molecule has 6 heteroatoms. The van der Waals surface area contributed by atoms with E-state index in [1.54, 1.807) is 24.3 Å². The lowest BCUT2D eigenvalue weighted by atomic mass is 10.3. The number of hydrogen-bond acceptors (Lipinski definition) is 4. The van der Waals surface area contributed by atoms with E-state index in [1.807, 2.05) is 6.92 Å². The molecule has 1 aromatic carbocycles. The summed E-state index contributed by atoms with van der Waals surface area (Å²) < 4.78 is 24.1. The average molecular weight is 270 g/mol. The molecule has 0 bridgehead atoms. The first-order chi connectivity index (χ1) is 8.51. The van der Waals surface area contributed by atoms with Crippen LogP contribution in [0.2, 0.25) is 0 Å². The van der Waals surface area contributed by atoms with E-state index >= 15 is 0 Å². The Kier molecular flexibility index (Phi) is 5.15. The largest absolute Gasteiger partial charge is 0.375 e. The maximum absolute atomic E-state index is 12.0. The van der Waals surface area contributed by atoms with Crippen LogP contribution >= 0.6 is 0 Å². The molecule has 0 saturated heterocycles. The van der Waals surface area contributed by atoms with Gasteiger partial charge in [-0.15, -0.1) is 0 Å². The zero-order chi connectivity index (χ0) is 13.6. The monoisotopic (exact) mass is 270 g/mol. The maximum Gasteiger partial charge on any atom is 0.239 e. The number of carbonyl (C=O) groups excluding carboxylic acids is 1. The Bertz CT molecular complexity index is 512. The van der Waals surface area contributed by atoms with Crippen molar-refractivity contribution in [2.75, 3.05) is 24.7 Å². The first-order valence-electron chi connectivity index (χ1n) is 5.77. The predicted molar refractivity (Wildman–Crippen MR) is 71.3 cm³/mol. The lowest BCUT2D eigenvalue weighted by Gasteiger charge is -2.11. The van der Waals surface area contributed by atoms with E-state index in [1.165, 1.54) is 7.05 Å². The second-order valence-electron chi connectivity index (χ2n) is 3.84. The quantitative estimate of drug-likeness (QED) is 0.809. The van der Waals surface area contributed by atoms with Crippen molar-refractivity contribution in [3.63, 3.8) is 0 Å². The normalized spacial score (nSPS) is 11.0. The van der Waals surface area contributed by atoms with Gasteiger partial charge >= 0.3 is 0 Å². The summed E-state index contributed by atoms with van der Waals surface area (Å²) in [6, 6.07) is 6.62. The molecule has 1 rings (SSSR count). The van der Waals surface area contributed by atoms with Gasteiger partial charge in [0.25, 0.3) is 0 Å². The highest BCUT2D eigenvalue weighted by Crippen LogP contribution is 2.22. The molecule has 1 aromatic rings. The van der Waals surface area contributed by atoms with Crippen LogP contribution < -0.4 is 10.6 Å². The maximum atomic E-state index is 12.0. The molecule has 0 atom stereocenters. The summed E-state index contributed by atoms with van der Waals surface area (Å²) >= 11 is 0. The summed E-state index contributed by atoms with van der Waals surface area (Å²) in [5.74, 6) is -0.0937. The number of amides is 1. The lowest BCUT2D eigenvalue weighted by molar-refractivity contribution is -0.118. The number of nitrogens with one attached hydrogen (secondary N) is 2. The number of carbonyl (C=O) groups is 1. The van der Waals surface area contributed by atoms with E-state index in [2.05, 4.69) is 10.6 Å². The molecule has 0 aromatic heterocycles. The Balaban J connectivity index is 2.96. The van der Waals surface area contributed by atoms with Crippen molar-refractivity contribution >= 4 is 21.4 Å². The third-order valence-corrected chi connectivity index (χ3v) is 4.39. The zero-order valence-electron chi connectivity index (χ0n) is 10.6. The Morgan fingerprint density at radius 3 is 2.56 bits per heavy atom. The Morgan fingerprint density at radius 1 is 1.28 bits per heavy atom. The van der Waals surface area contributed by atoms with Crippen molar-refractivity contribution in [1.82, 2.24) is 5.32 Å². The highest BCUT2D eigenvalue weighted by atomic mass is 32.2. The van der Waals surface area contributed by atoms with Crippen molar-refractivity contribution in [2.45, 2.75) is 18.2 Å². The SMILES string of the molecule is CCCS(=O)(=O)c1ccccc1NCC(=O)NC. The van der Waals surface area contributed by atoms with Crippen molar-refractivity contribution in [2.24, 2.45) is 0 Å². The second kappa shape index (κ2) is 6.39. The fraction of sp³-hybridized carbons (Fsp3) is 0.417. The Hall–Kier alpha value is -1.56. The summed E-state index contributed by atoms with van der Waals surface area (Å²) in [6.45, 7) is 1.87. The number of para-hydroxylation sites is 1. The number of rotatable bonds is 6. The highest BCUT2D eigenvalue weighted by Gasteiger charge is 2.17. The van der Waals surface area contributed by atoms with Gasteiger partial charge in [0.1, 0.15) is 0 Å². The minimum Gasteiger partial charge on any atom is -0.375 e. The molecule has 2 N–H and O–H groups in total. The van der Waals surface area contributed by atoms with Crippen LogP contribution in [0.25, 0.3) is 0 Å². The predicted octanol–water partition coefficient (Wildman–Crippen LogP) is 1.03. The fourth-order valence-electron chi connectivity index (χ4n) is 1.53. The van der Waals surface area contributed by atoms with Gasteiger partial charge in [0.15, 0.2) is 9.84 Å². The summed E-state index contributed by atoms with van der Waals surface area (Å²) in [7, 11) is -1.76. The molecule has 0 aliphatic carbocycles. The summed E-state index contributed by atoms with van der Waals surface area (Å²) in [5.41, 5.74) is 0.467. The standard InChI is InChI=1S/C12H18N2O3S/c1-3-8-18(16,17)11-7-5-4-6-10(11)14-9-12(15)13-2/h4-7,14H,3,8-9H2,1-2H3,(H,13,15). The third kappa shape index (κ3) is 3.73. The molecule has 0 fully saturated rings. The third-order valence-electron chi connectivity index (χ3n) is 2.41. The van der Waals surface area contributed by atoms with Crippen LogP contribution in [0.15, 0.2) is 29.2 Å². The van der Waals surface area contributed by atoms with E-state index in [-0.39, 0.29) is 23.1 Å². The summed E-state index contributed by atoms with van der Waals surface area (Å²) in [4.78, 5) is 11.4. The van der Waals surface area contributed by atoms with E-state index < -0.39 is 9.84 Å². The second-order valence-corrected chi connectivity index (χ2v) is 5.92. The topological polar surface area (TPSA) is 75.3 Å². The molecule has 0 radical (unpaired) electrons. The molecule has 0 aliphatic rings. The van der Waals surface area contributed by atoms with Crippen molar-refractivity contribution < 1.29 is 13.2 Å². The highest BCUT2D eigenvalue weighted by molar-refractivity contribution is 7.91. The van der Waals surface area contributed by atoms with E-state index in [9.17, 15) is 13.2 Å². The number of benzene rings is 1. The minimum absolute atomic E-state index is 0.0508. The molecule has 0 unspecified atom stereocenters. The fourth-order valence-corrected chi connectivity index (χ4v) is 3.05. The smallest absolute Gasteiger partial charge is 0.239 e. The Labute approximate surface area is 108 Å². The van der Waals surface area contributed by atoms with Crippen LogP contribution in [0, 0.1) is 0 Å². The molecule has 5 nitrogen and oxygen atoms in total. The molecule has 100 valence electrons. The molecule has 0 spiro atoms. The van der Waals surface area contributed by atoms with Crippen LogP contribution in [0.3, 0.4) is 0 Å². The minimum atomic E-state index is -3.29. The van der Waals surface area contributed by atoms with Crippen LogP contribution in [-0.2, 0) is 14.6 Å². The van der Waals surface area contributed by atoms with Crippen LogP contribution in [-0.4, -0.2) is 33.7 Å². The number of sulfone groups is 1. The van der Waals surface area contributed by atoms with Gasteiger partial charge in [-0.3, -0.25) is 4.79 Å². The number of hydrogen-bond donors (Lipinski definition) is 2. The van der Waals surface area contributed by atoms with Gasteiger partial charge in [0, 0.05) is 7.05 Å². The van der Waals surface area contributed by atoms with E-state index in [0.29, 0.717) is 12.1 Å². The van der Waals surface area contributed by atoms with Gasteiger partial charge in [-0.05, 0) is 18.6 Å². The van der Waals surface area contributed by atoms with E-state index in [0.717, 1.165) is 0 Å². The van der Waals surface area contributed by atoms with Gasteiger partial charge in [0.2, 0.25) is 5.91 Å². The first kappa shape index (κ1) is 14.5. The van der Waals surface area contributed by atoms with Crippen molar-refractivity contribution in [3.05, 3.63) is 24.3 Å². The Morgan fingerprint density at radius 2 is 1.94 bits per heavy atom.